The first-order chi connectivity index (χ1) is 16.3. The molecule has 1 unspecified atom stereocenters. The van der Waals surface area contributed by atoms with Crippen molar-refractivity contribution < 1.29 is 4.42 Å². The highest BCUT2D eigenvalue weighted by Crippen LogP contribution is 2.43. The molecule has 7 heteroatoms. The highest BCUT2D eigenvalue weighted by molar-refractivity contribution is 7.99. The lowest BCUT2D eigenvalue weighted by atomic mass is 9.82. The average Bonchev–Trinajstić information content (AvgIpc) is 3.45. The molecule has 2 aromatic heterocycles. The van der Waals surface area contributed by atoms with Gasteiger partial charge in [0.1, 0.15) is 0 Å². The molecular weight excluding hydrogens is 442 g/mol. The number of thioether (sulfide) groups is 1. The molecule has 34 heavy (non-hydrogen) atoms. The molecule has 0 radical (unpaired) electrons. The predicted octanol–water partition coefficient (Wildman–Crippen LogP) is 5.97. The van der Waals surface area contributed by atoms with E-state index in [9.17, 15) is 0 Å². The van der Waals surface area contributed by atoms with E-state index in [4.69, 9.17) is 4.42 Å². The maximum atomic E-state index is 5.49. The Bertz CT molecular complexity index is 1100. The van der Waals surface area contributed by atoms with Gasteiger partial charge in [-0.1, -0.05) is 56.8 Å². The number of aromatic nitrogens is 4. The summed E-state index contributed by atoms with van der Waals surface area (Å²) in [6, 6.07) is 11.0. The lowest BCUT2D eigenvalue weighted by Crippen LogP contribution is -2.42. The molecule has 2 aliphatic rings. The molecule has 2 fully saturated rings. The molecule has 3 aromatic rings. The third kappa shape index (κ3) is 4.69. The fraction of sp³-hybridized carbons (Fsp3) is 0.593. The molecule has 0 amide bonds. The number of rotatable bonds is 7. The lowest BCUT2D eigenvalue weighted by Gasteiger charge is -2.39. The average molecular weight is 480 g/mol. The molecule has 1 aromatic carbocycles. The van der Waals surface area contributed by atoms with Gasteiger partial charge in [-0.25, -0.2) is 4.98 Å². The first kappa shape index (κ1) is 23.6. The summed E-state index contributed by atoms with van der Waals surface area (Å²) in [6.45, 7) is 9.99. The number of benzene rings is 1. The largest absolute Gasteiger partial charge is 0.440 e. The van der Waals surface area contributed by atoms with Crippen LogP contribution in [0.2, 0.25) is 0 Å². The van der Waals surface area contributed by atoms with Crippen molar-refractivity contribution in [3.05, 3.63) is 47.5 Å². The van der Waals surface area contributed by atoms with E-state index in [1.165, 1.54) is 50.6 Å². The molecular formula is C27H37N5OS. The standard InChI is InChI=1S/C27H37N5OS/c1-18-24(33-17-28-18)25-29-30-26(31(25)5)34-14-6-13-32-22-11-12-23(32)16-20(15-22)19-7-9-21(10-8-19)27(2,3)4/h7-10,17,20,22-23H,6,11-16H2,1-5H3/t20?,22-,23+. The van der Waals surface area contributed by atoms with Crippen LogP contribution in [-0.2, 0) is 12.5 Å². The van der Waals surface area contributed by atoms with E-state index >= 15 is 0 Å². The second-order valence-corrected chi connectivity index (χ2v) is 12.1. The van der Waals surface area contributed by atoms with E-state index in [0.717, 1.165) is 34.5 Å². The normalized spacial score (nSPS) is 23.0. The highest BCUT2D eigenvalue weighted by atomic mass is 32.2. The van der Waals surface area contributed by atoms with Crippen molar-refractivity contribution >= 4 is 11.8 Å². The van der Waals surface area contributed by atoms with E-state index in [0.29, 0.717) is 11.7 Å². The molecule has 182 valence electrons. The van der Waals surface area contributed by atoms with Crippen molar-refractivity contribution in [1.29, 1.82) is 0 Å². The molecule has 6 nitrogen and oxygen atoms in total. The predicted molar refractivity (Wildman–Crippen MR) is 137 cm³/mol. The number of hydrogen-bond acceptors (Lipinski definition) is 6. The topological polar surface area (TPSA) is 60.0 Å². The maximum absolute atomic E-state index is 5.49. The number of nitrogens with zero attached hydrogens (tertiary/aromatic N) is 5. The summed E-state index contributed by atoms with van der Waals surface area (Å²) in [5.74, 6) is 3.21. The van der Waals surface area contributed by atoms with Crippen LogP contribution in [0.3, 0.4) is 0 Å². The Morgan fingerprint density at radius 3 is 2.38 bits per heavy atom. The van der Waals surface area contributed by atoms with Crippen LogP contribution in [-0.4, -0.2) is 49.0 Å². The molecule has 0 aliphatic carbocycles. The minimum atomic E-state index is 0.223. The summed E-state index contributed by atoms with van der Waals surface area (Å²) in [6.07, 6.45) is 7.97. The van der Waals surface area contributed by atoms with Crippen LogP contribution in [0.5, 0.6) is 0 Å². The van der Waals surface area contributed by atoms with Crippen LogP contribution in [0.15, 0.2) is 40.2 Å². The fourth-order valence-corrected chi connectivity index (χ4v) is 6.57. The number of oxazole rings is 1. The summed E-state index contributed by atoms with van der Waals surface area (Å²) in [5, 5.41) is 9.64. The van der Waals surface area contributed by atoms with Crippen molar-refractivity contribution in [2.24, 2.45) is 7.05 Å². The lowest BCUT2D eigenvalue weighted by molar-refractivity contribution is 0.127. The van der Waals surface area contributed by atoms with E-state index in [-0.39, 0.29) is 5.41 Å². The van der Waals surface area contributed by atoms with Crippen molar-refractivity contribution in [2.45, 2.75) is 88.4 Å². The third-order valence-electron chi connectivity index (χ3n) is 7.71. The molecule has 0 spiro atoms. The Balaban J connectivity index is 1.13. The molecule has 2 bridgehead atoms. The van der Waals surface area contributed by atoms with Gasteiger partial charge in [0.05, 0.1) is 5.69 Å². The van der Waals surface area contributed by atoms with Gasteiger partial charge in [0, 0.05) is 24.9 Å². The van der Waals surface area contributed by atoms with Crippen molar-refractivity contribution in [1.82, 2.24) is 24.6 Å². The number of hydrogen-bond donors (Lipinski definition) is 0. The van der Waals surface area contributed by atoms with E-state index in [1.807, 2.05) is 18.5 Å². The Hall–Kier alpha value is -2.12. The van der Waals surface area contributed by atoms with Crippen LogP contribution in [0, 0.1) is 6.92 Å². The molecule has 0 N–H and O–H groups in total. The third-order valence-corrected chi connectivity index (χ3v) is 8.81. The molecule has 2 aliphatic heterocycles. The Labute approximate surface area is 207 Å². The minimum absolute atomic E-state index is 0.223. The molecule has 3 atom stereocenters. The Morgan fingerprint density at radius 1 is 1.06 bits per heavy atom. The van der Waals surface area contributed by atoms with Crippen LogP contribution < -0.4 is 0 Å². The fourth-order valence-electron chi connectivity index (χ4n) is 5.73. The SMILES string of the molecule is Cc1ncoc1-c1nnc(SCCCN2[C@@H]3CC[C@H]2CC(c2ccc(C(C)(C)C)cc2)C3)n1C. The smallest absolute Gasteiger partial charge is 0.202 e. The molecule has 5 rings (SSSR count). The van der Waals surface area contributed by atoms with Gasteiger partial charge in [-0.2, -0.15) is 0 Å². The van der Waals surface area contributed by atoms with E-state index in [2.05, 4.69) is 65.1 Å². The molecule has 2 saturated heterocycles. The van der Waals surface area contributed by atoms with Crippen LogP contribution in [0.1, 0.15) is 75.6 Å². The summed E-state index contributed by atoms with van der Waals surface area (Å²) in [7, 11) is 2.00. The summed E-state index contributed by atoms with van der Waals surface area (Å²) in [5.41, 5.74) is 4.04. The zero-order chi connectivity index (χ0) is 23.9. The number of piperidine rings is 1. The number of aryl methyl sites for hydroxylation is 1. The van der Waals surface area contributed by atoms with Gasteiger partial charge in [0.2, 0.25) is 5.82 Å². The summed E-state index contributed by atoms with van der Waals surface area (Å²) in [4.78, 5) is 6.97. The van der Waals surface area contributed by atoms with E-state index < -0.39 is 0 Å². The zero-order valence-corrected chi connectivity index (χ0v) is 21.9. The summed E-state index contributed by atoms with van der Waals surface area (Å²) < 4.78 is 7.50. The quantitative estimate of drug-likeness (QED) is 0.307. The highest BCUT2D eigenvalue weighted by Gasteiger charge is 2.40. The Morgan fingerprint density at radius 2 is 1.76 bits per heavy atom. The van der Waals surface area contributed by atoms with Crippen molar-refractivity contribution in [3.8, 4) is 11.6 Å². The minimum Gasteiger partial charge on any atom is -0.440 e. The van der Waals surface area contributed by atoms with Gasteiger partial charge in [-0.05, 0) is 68.0 Å². The molecule has 4 heterocycles. The summed E-state index contributed by atoms with van der Waals surface area (Å²) >= 11 is 1.78. The van der Waals surface area contributed by atoms with Crippen LogP contribution in [0.25, 0.3) is 11.6 Å². The van der Waals surface area contributed by atoms with Crippen LogP contribution in [0.4, 0.5) is 0 Å². The van der Waals surface area contributed by atoms with Gasteiger partial charge in [0.15, 0.2) is 17.3 Å². The van der Waals surface area contributed by atoms with Crippen molar-refractivity contribution in [3.63, 3.8) is 0 Å². The van der Waals surface area contributed by atoms with Crippen LogP contribution >= 0.6 is 11.8 Å². The second kappa shape index (κ2) is 9.50. The van der Waals surface area contributed by atoms with Gasteiger partial charge in [0.25, 0.3) is 0 Å². The van der Waals surface area contributed by atoms with Gasteiger partial charge in [-0.15, -0.1) is 10.2 Å². The second-order valence-electron chi connectivity index (χ2n) is 11.0. The zero-order valence-electron chi connectivity index (χ0n) is 21.1. The van der Waals surface area contributed by atoms with Gasteiger partial charge >= 0.3 is 0 Å². The van der Waals surface area contributed by atoms with Gasteiger partial charge < -0.3 is 8.98 Å². The number of fused-ring (bicyclic) bond motifs is 2. The monoisotopic (exact) mass is 479 g/mol. The first-order valence-electron chi connectivity index (χ1n) is 12.6. The first-order valence-corrected chi connectivity index (χ1v) is 13.6. The van der Waals surface area contributed by atoms with Gasteiger partial charge in [-0.3, -0.25) is 4.90 Å². The Kier molecular flexibility index (Phi) is 6.60. The van der Waals surface area contributed by atoms with E-state index in [1.54, 1.807) is 17.3 Å². The van der Waals surface area contributed by atoms with Crippen molar-refractivity contribution in [2.75, 3.05) is 12.3 Å². The molecule has 0 saturated carbocycles. The maximum Gasteiger partial charge on any atom is 0.202 e.